The van der Waals surface area contributed by atoms with E-state index in [1.54, 1.807) is 19.1 Å². The van der Waals surface area contributed by atoms with Crippen molar-refractivity contribution in [3.8, 4) is 6.07 Å². The normalized spacial score (nSPS) is 12.6. The van der Waals surface area contributed by atoms with Gasteiger partial charge in [0.15, 0.2) is 0 Å². The van der Waals surface area contributed by atoms with Gasteiger partial charge in [0.05, 0.1) is 6.07 Å². The first-order chi connectivity index (χ1) is 10.3. The van der Waals surface area contributed by atoms with Crippen LogP contribution in [0.1, 0.15) is 30.6 Å². The molecule has 0 saturated carbocycles. The molecule has 0 unspecified atom stereocenters. The van der Waals surface area contributed by atoms with Crippen molar-refractivity contribution < 1.29 is 14.4 Å². The van der Waals surface area contributed by atoms with E-state index in [4.69, 9.17) is 11.0 Å². The van der Waals surface area contributed by atoms with Crippen LogP contribution in [0.15, 0.2) is 24.3 Å². The summed E-state index contributed by atoms with van der Waals surface area (Å²) in [5, 5.41) is 13.8. The Hall–Kier alpha value is -2.88. The van der Waals surface area contributed by atoms with Crippen LogP contribution in [0.4, 0.5) is 5.69 Å². The first-order valence-electron chi connectivity index (χ1n) is 6.70. The van der Waals surface area contributed by atoms with Crippen molar-refractivity contribution in [1.29, 1.82) is 5.26 Å². The Kier molecular flexibility index (Phi) is 6.08. The lowest BCUT2D eigenvalue weighted by Gasteiger charge is -2.20. The SMILES string of the molecule is CC(=O)Nc1ccc(C(=O)N[C@@H](C(N)=O)[C@H](C)CC#N)cc1. The maximum Gasteiger partial charge on any atom is 0.251 e. The van der Waals surface area contributed by atoms with Crippen LogP contribution in [-0.2, 0) is 9.59 Å². The number of primary amides is 1. The average molecular weight is 302 g/mol. The van der Waals surface area contributed by atoms with Gasteiger partial charge in [0.1, 0.15) is 6.04 Å². The smallest absolute Gasteiger partial charge is 0.251 e. The summed E-state index contributed by atoms with van der Waals surface area (Å²) in [7, 11) is 0. The monoisotopic (exact) mass is 302 g/mol. The molecule has 0 radical (unpaired) electrons. The molecular formula is C15H18N4O3. The van der Waals surface area contributed by atoms with E-state index in [1.807, 2.05) is 6.07 Å². The molecule has 7 nitrogen and oxygen atoms in total. The van der Waals surface area contributed by atoms with E-state index in [9.17, 15) is 14.4 Å². The van der Waals surface area contributed by atoms with E-state index < -0.39 is 17.9 Å². The summed E-state index contributed by atoms with van der Waals surface area (Å²) < 4.78 is 0. The number of nitrogens with zero attached hydrogens (tertiary/aromatic N) is 1. The molecular weight excluding hydrogens is 284 g/mol. The lowest BCUT2D eigenvalue weighted by atomic mass is 9.98. The first kappa shape index (κ1) is 17.2. The number of anilines is 1. The average Bonchev–Trinajstić information content (AvgIpc) is 2.44. The Labute approximate surface area is 128 Å². The minimum absolute atomic E-state index is 0.107. The minimum atomic E-state index is -0.915. The van der Waals surface area contributed by atoms with Crippen LogP contribution in [0.2, 0.25) is 0 Å². The van der Waals surface area contributed by atoms with Crippen molar-refractivity contribution in [1.82, 2.24) is 5.32 Å². The highest BCUT2D eigenvalue weighted by Gasteiger charge is 2.25. The highest BCUT2D eigenvalue weighted by Crippen LogP contribution is 2.12. The van der Waals surface area contributed by atoms with Gasteiger partial charge < -0.3 is 16.4 Å². The molecule has 0 heterocycles. The number of amides is 3. The first-order valence-corrected chi connectivity index (χ1v) is 6.70. The van der Waals surface area contributed by atoms with Crippen LogP contribution in [-0.4, -0.2) is 23.8 Å². The summed E-state index contributed by atoms with van der Waals surface area (Å²) in [4.78, 5) is 34.4. The topological polar surface area (TPSA) is 125 Å². The second-order valence-corrected chi connectivity index (χ2v) is 4.95. The summed E-state index contributed by atoms with van der Waals surface area (Å²) in [6.45, 7) is 3.05. The number of nitrogens with one attached hydrogen (secondary N) is 2. The standard InChI is InChI=1S/C15H18N4O3/c1-9(7-8-16)13(14(17)21)19-15(22)11-3-5-12(6-4-11)18-10(2)20/h3-6,9,13H,7H2,1-2H3,(H2,17,21)(H,18,20)(H,19,22)/t9-,13-/m1/s1. The van der Waals surface area contributed by atoms with Gasteiger partial charge in [-0.1, -0.05) is 6.92 Å². The molecule has 0 bridgehead atoms. The molecule has 0 aliphatic carbocycles. The fourth-order valence-corrected chi connectivity index (χ4v) is 1.89. The summed E-state index contributed by atoms with van der Waals surface area (Å²) >= 11 is 0. The number of hydrogen-bond donors (Lipinski definition) is 3. The van der Waals surface area contributed by atoms with Crippen molar-refractivity contribution in [3.05, 3.63) is 29.8 Å². The number of hydrogen-bond acceptors (Lipinski definition) is 4. The lowest BCUT2D eigenvalue weighted by molar-refractivity contribution is -0.121. The molecule has 0 saturated heterocycles. The molecule has 22 heavy (non-hydrogen) atoms. The van der Waals surface area contributed by atoms with E-state index in [0.717, 1.165) is 0 Å². The molecule has 7 heteroatoms. The highest BCUT2D eigenvalue weighted by molar-refractivity contribution is 5.98. The largest absolute Gasteiger partial charge is 0.368 e. The molecule has 4 N–H and O–H groups in total. The molecule has 0 spiro atoms. The molecule has 0 fully saturated rings. The highest BCUT2D eigenvalue weighted by atomic mass is 16.2. The van der Waals surface area contributed by atoms with Crippen LogP contribution in [0.5, 0.6) is 0 Å². The number of nitrogens with two attached hydrogens (primary N) is 1. The van der Waals surface area contributed by atoms with Crippen LogP contribution in [0, 0.1) is 17.2 Å². The van der Waals surface area contributed by atoms with Crippen molar-refractivity contribution in [2.75, 3.05) is 5.32 Å². The number of rotatable bonds is 6. The van der Waals surface area contributed by atoms with E-state index in [-0.39, 0.29) is 18.2 Å². The van der Waals surface area contributed by atoms with Crippen LogP contribution >= 0.6 is 0 Å². The fourth-order valence-electron chi connectivity index (χ4n) is 1.89. The number of carbonyl (C=O) groups is 3. The fraction of sp³-hybridized carbons (Fsp3) is 0.333. The second-order valence-electron chi connectivity index (χ2n) is 4.95. The summed E-state index contributed by atoms with van der Waals surface area (Å²) in [5.41, 5.74) is 6.15. The molecule has 1 rings (SSSR count). The maximum absolute atomic E-state index is 12.1. The summed E-state index contributed by atoms with van der Waals surface area (Å²) in [6, 6.07) is 7.23. The van der Waals surface area contributed by atoms with Gasteiger partial charge in [-0.25, -0.2) is 0 Å². The van der Waals surface area contributed by atoms with Crippen molar-refractivity contribution in [2.45, 2.75) is 26.3 Å². The molecule has 1 aromatic carbocycles. The van der Waals surface area contributed by atoms with Crippen LogP contribution < -0.4 is 16.4 Å². The Balaban J connectivity index is 2.80. The quantitative estimate of drug-likeness (QED) is 0.717. The van der Waals surface area contributed by atoms with E-state index in [2.05, 4.69) is 10.6 Å². The van der Waals surface area contributed by atoms with E-state index in [0.29, 0.717) is 11.3 Å². The summed E-state index contributed by atoms with van der Waals surface area (Å²) in [5.74, 6) is -1.75. The minimum Gasteiger partial charge on any atom is -0.368 e. The van der Waals surface area contributed by atoms with Gasteiger partial charge >= 0.3 is 0 Å². The van der Waals surface area contributed by atoms with E-state index in [1.165, 1.54) is 19.1 Å². The predicted molar refractivity (Wildman–Crippen MR) is 80.6 cm³/mol. The zero-order chi connectivity index (χ0) is 16.7. The van der Waals surface area contributed by atoms with Crippen LogP contribution in [0.3, 0.4) is 0 Å². The van der Waals surface area contributed by atoms with Gasteiger partial charge in [-0.05, 0) is 30.2 Å². The molecule has 2 atom stereocenters. The Morgan fingerprint density at radius 1 is 1.27 bits per heavy atom. The van der Waals surface area contributed by atoms with Crippen LogP contribution in [0.25, 0.3) is 0 Å². The van der Waals surface area contributed by atoms with Gasteiger partial charge in [0, 0.05) is 24.6 Å². The second kappa shape index (κ2) is 7.78. The Bertz CT molecular complexity index is 604. The molecule has 0 aliphatic heterocycles. The number of nitriles is 1. The van der Waals surface area contributed by atoms with Gasteiger partial charge in [0.2, 0.25) is 11.8 Å². The predicted octanol–water partition coefficient (Wildman–Crippen LogP) is 0.778. The molecule has 116 valence electrons. The third kappa shape index (κ3) is 4.90. The van der Waals surface area contributed by atoms with Gasteiger partial charge in [-0.15, -0.1) is 0 Å². The van der Waals surface area contributed by atoms with Crippen molar-refractivity contribution >= 4 is 23.4 Å². The lowest BCUT2D eigenvalue weighted by Crippen LogP contribution is -2.48. The van der Waals surface area contributed by atoms with Crippen molar-refractivity contribution in [3.63, 3.8) is 0 Å². The molecule has 3 amide bonds. The van der Waals surface area contributed by atoms with Gasteiger partial charge in [-0.3, -0.25) is 14.4 Å². The van der Waals surface area contributed by atoms with Gasteiger partial charge in [0.25, 0.3) is 5.91 Å². The van der Waals surface area contributed by atoms with Crippen molar-refractivity contribution in [2.24, 2.45) is 11.7 Å². The zero-order valence-electron chi connectivity index (χ0n) is 12.4. The third-order valence-corrected chi connectivity index (χ3v) is 3.04. The maximum atomic E-state index is 12.1. The number of carbonyl (C=O) groups excluding carboxylic acids is 3. The zero-order valence-corrected chi connectivity index (χ0v) is 12.4. The summed E-state index contributed by atoms with van der Waals surface area (Å²) in [6.07, 6.45) is 0.107. The number of benzene rings is 1. The van der Waals surface area contributed by atoms with Gasteiger partial charge in [-0.2, -0.15) is 5.26 Å². The Morgan fingerprint density at radius 3 is 2.32 bits per heavy atom. The molecule has 0 aliphatic rings. The third-order valence-electron chi connectivity index (χ3n) is 3.04. The molecule has 1 aromatic rings. The van der Waals surface area contributed by atoms with E-state index >= 15 is 0 Å². The Morgan fingerprint density at radius 2 is 1.86 bits per heavy atom. The molecule has 0 aromatic heterocycles.